The summed E-state index contributed by atoms with van der Waals surface area (Å²) >= 11 is 0. The zero-order valence-electron chi connectivity index (χ0n) is 14.4. The van der Waals surface area contributed by atoms with E-state index in [0.29, 0.717) is 17.4 Å². The van der Waals surface area contributed by atoms with Gasteiger partial charge in [0, 0.05) is 12.5 Å². The molecule has 2 aromatic rings. The van der Waals surface area contributed by atoms with Gasteiger partial charge in [-0.2, -0.15) is 13.2 Å². The Balaban J connectivity index is 1.61. The quantitative estimate of drug-likeness (QED) is 0.770. The minimum Gasteiger partial charge on any atom is -0.593 e. The van der Waals surface area contributed by atoms with Crippen LogP contribution in [-0.2, 0) is 20.8 Å². The fraction of sp³-hybridized carbons (Fsp3) is 0.278. The van der Waals surface area contributed by atoms with Gasteiger partial charge in [-0.25, -0.2) is 0 Å². The Kier molecular flexibility index (Phi) is 4.25. The van der Waals surface area contributed by atoms with Gasteiger partial charge < -0.3 is 14.6 Å². The maximum Gasteiger partial charge on any atom is 0.416 e. The molecule has 0 bridgehead atoms. The molecule has 4 rings (SSSR count). The zero-order valence-corrected chi connectivity index (χ0v) is 15.2. The SMILES string of the molecule is O=C1NC2(CCN([S+](=O)([O-])c3cccc(C(F)(F)F)c3)C2)Oc2ccccc21. The number of nitrogens with zero attached hydrogens (tertiary/aromatic N) is 1. The summed E-state index contributed by atoms with van der Waals surface area (Å²) in [6, 6.07) is 10.2. The summed E-state index contributed by atoms with van der Waals surface area (Å²) in [4.78, 5) is 11.9. The average Bonchev–Trinajstić information content (AvgIpc) is 3.05. The molecule has 1 fully saturated rings. The second-order valence-electron chi connectivity index (χ2n) is 6.66. The van der Waals surface area contributed by atoms with Gasteiger partial charge in [-0.05, 0) is 24.3 Å². The van der Waals surface area contributed by atoms with E-state index in [9.17, 15) is 26.7 Å². The smallest absolute Gasteiger partial charge is 0.416 e. The molecule has 6 nitrogen and oxygen atoms in total. The van der Waals surface area contributed by atoms with Gasteiger partial charge in [-0.3, -0.25) is 4.79 Å². The number of carbonyl (C=O) groups excluding carboxylic acids is 1. The van der Waals surface area contributed by atoms with Crippen molar-refractivity contribution in [3.05, 3.63) is 59.7 Å². The van der Waals surface area contributed by atoms with E-state index >= 15 is 0 Å². The second kappa shape index (κ2) is 6.29. The van der Waals surface area contributed by atoms with E-state index in [2.05, 4.69) is 5.32 Å². The van der Waals surface area contributed by atoms with Crippen LogP contribution in [0.25, 0.3) is 0 Å². The van der Waals surface area contributed by atoms with Crippen molar-refractivity contribution >= 4 is 16.3 Å². The van der Waals surface area contributed by atoms with Gasteiger partial charge in [0.25, 0.3) is 5.91 Å². The van der Waals surface area contributed by atoms with Crippen molar-refractivity contribution in [1.82, 2.24) is 9.62 Å². The first-order valence-corrected chi connectivity index (χ1v) is 9.83. The van der Waals surface area contributed by atoms with Gasteiger partial charge in [0.2, 0.25) is 5.72 Å². The second-order valence-corrected chi connectivity index (χ2v) is 8.60. The molecule has 1 N–H and O–H groups in total. The zero-order chi connectivity index (χ0) is 20.2. The molecule has 2 aliphatic heterocycles. The Morgan fingerprint density at radius 1 is 1.18 bits per heavy atom. The fourth-order valence-electron chi connectivity index (χ4n) is 3.37. The number of fused-ring (bicyclic) bond motifs is 1. The summed E-state index contributed by atoms with van der Waals surface area (Å²) in [5.41, 5.74) is -1.95. The Labute approximate surface area is 159 Å². The monoisotopic (exact) mass is 412 g/mol. The first kappa shape index (κ1) is 18.9. The van der Waals surface area contributed by atoms with Crippen LogP contribution in [0.15, 0.2) is 53.4 Å². The number of nitrogens with one attached hydrogen (secondary N) is 1. The van der Waals surface area contributed by atoms with Gasteiger partial charge >= 0.3 is 6.18 Å². The summed E-state index contributed by atoms with van der Waals surface area (Å²) in [5.74, 6) is -0.0512. The molecule has 0 radical (unpaired) electrons. The predicted octanol–water partition coefficient (Wildman–Crippen LogP) is 2.83. The van der Waals surface area contributed by atoms with Gasteiger partial charge in [-0.1, -0.05) is 22.4 Å². The van der Waals surface area contributed by atoms with Crippen LogP contribution in [0.3, 0.4) is 0 Å². The number of alkyl halides is 3. The van der Waals surface area contributed by atoms with Crippen LogP contribution in [-0.4, -0.2) is 33.6 Å². The number of ether oxygens (including phenoxy) is 1. The van der Waals surface area contributed by atoms with Gasteiger partial charge in [-0.15, -0.1) is 4.31 Å². The Morgan fingerprint density at radius 3 is 2.68 bits per heavy atom. The van der Waals surface area contributed by atoms with Crippen molar-refractivity contribution in [2.75, 3.05) is 13.1 Å². The maximum atomic E-state index is 12.9. The summed E-state index contributed by atoms with van der Waals surface area (Å²) in [7, 11) is -4.19. The lowest BCUT2D eigenvalue weighted by molar-refractivity contribution is -0.137. The lowest BCUT2D eigenvalue weighted by atomic mass is 10.1. The highest BCUT2D eigenvalue weighted by Crippen LogP contribution is 2.37. The molecule has 2 atom stereocenters. The number of amides is 1. The minimum absolute atomic E-state index is 0.00102. The number of hydrogen-bond acceptors (Lipinski definition) is 4. The Morgan fingerprint density at radius 2 is 1.93 bits per heavy atom. The van der Waals surface area contributed by atoms with Crippen molar-refractivity contribution in [2.45, 2.75) is 23.2 Å². The third kappa shape index (κ3) is 3.17. The number of benzene rings is 2. The first-order chi connectivity index (χ1) is 13.1. The molecule has 2 unspecified atom stereocenters. The molecule has 2 heterocycles. The predicted molar refractivity (Wildman–Crippen MR) is 92.0 cm³/mol. The van der Waals surface area contributed by atoms with Crippen molar-refractivity contribution < 1.29 is 31.5 Å². The molecule has 0 aromatic heterocycles. The molecule has 1 saturated heterocycles. The van der Waals surface area contributed by atoms with Crippen molar-refractivity contribution in [3.63, 3.8) is 0 Å². The summed E-state index contributed by atoms with van der Waals surface area (Å²) in [6.45, 7) is -0.202. The molecule has 0 saturated carbocycles. The highest BCUT2D eigenvalue weighted by molar-refractivity contribution is 7.95. The third-order valence-corrected chi connectivity index (χ3v) is 6.62. The van der Waals surface area contributed by atoms with Crippen LogP contribution in [0.5, 0.6) is 5.75 Å². The van der Waals surface area contributed by atoms with E-state index in [1.807, 2.05) is 0 Å². The van der Waals surface area contributed by atoms with E-state index in [1.165, 1.54) is 0 Å². The van der Waals surface area contributed by atoms with Crippen molar-refractivity contribution in [1.29, 1.82) is 0 Å². The molecular formula is C18H15F3N2O4S. The fourth-order valence-corrected chi connectivity index (χ4v) is 4.91. The normalized spacial score (nSPS) is 24.4. The standard InChI is InChI=1S/C18H15F3N2O4S/c19-18(20,21)12-4-3-5-13(10-12)28(25,26)23-9-8-17(11-23)22-16(24)14-6-1-2-7-15(14)27-17/h1-7,10H,8-9,11H2,(H-,22,24,25,26). The summed E-state index contributed by atoms with van der Waals surface area (Å²) in [6.07, 6.45) is -4.48. The molecule has 148 valence electrons. The van der Waals surface area contributed by atoms with Crippen LogP contribution < -0.4 is 10.1 Å². The first-order valence-electron chi connectivity index (χ1n) is 8.39. The largest absolute Gasteiger partial charge is 0.593 e. The lowest BCUT2D eigenvalue weighted by Crippen LogP contribution is -2.58. The summed E-state index contributed by atoms with van der Waals surface area (Å²) < 4.78 is 71.4. The molecule has 2 aromatic carbocycles. The Bertz CT molecular complexity index is 997. The number of para-hydroxylation sites is 1. The van der Waals surface area contributed by atoms with E-state index in [4.69, 9.17) is 4.74 Å². The molecule has 0 aliphatic carbocycles. The average molecular weight is 412 g/mol. The molecule has 10 heteroatoms. The lowest BCUT2D eigenvalue weighted by Gasteiger charge is -2.36. The Hall–Kier alpha value is -2.43. The van der Waals surface area contributed by atoms with Crippen LogP contribution in [0, 0.1) is 0 Å². The number of sulfonamides is 1. The minimum atomic E-state index is -4.65. The highest BCUT2D eigenvalue weighted by Gasteiger charge is 2.51. The molecule has 2 aliphatic rings. The van der Waals surface area contributed by atoms with Crippen LogP contribution in [0.2, 0.25) is 0 Å². The van der Waals surface area contributed by atoms with Crippen LogP contribution >= 0.6 is 0 Å². The van der Waals surface area contributed by atoms with Crippen molar-refractivity contribution in [2.24, 2.45) is 0 Å². The molecule has 28 heavy (non-hydrogen) atoms. The van der Waals surface area contributed by atoms with Crippen LogP contribution in [0.4, 0.5) is 13.2 Å². The van der Waals surface area contributed by atoms with E-state index in [0.717, 1.165) is 22.5 Å². The number of halogens is 3. The van der Waals surface area contributed by atoms with Gasteiger partial charge in [0.15, 0.2) is 15.3 Å². The number of rotatable bonds is 2. The highest BCUT2D eigenvalue weighted by atomic mass is 32.3. The van der Waals surface area contributed by atoms with E-state index in [-0.39, 0.29) is 25.4 Å². The van der Waals surface area contributed by atoms with E-state index in [1.54, 1.807) is 24.3 Å². The topological polar surface area (TPSA) is 81.7 Å². The number of hydrogen-bond donors (Lipinski definition) is 1. The maximum absolute atomic E-state index is 12.9. The van der Waals surface area contributed by atoms with E-state index < -0.39 is 32.8 Å². The summed E-state index contributed by atoms with van der Waals surface area (Å²) in [5, 5.41) is 2.69. The number of carbonyl (C=O) groups is 1. The van der Waals surface area contributed by atoms with Gasteiger partial charge in [0.1, 0.15) is 12.3 Å². The van der Waals surface area contributed by atoms with Gasteiger partial charge in [0.05, 0.1) is 17.7 Å². The molecular weight excluding hydrogens is 397 g/mol. The molecule has 1 amide bonds. The molecule has 1 spiro atoms. The van der Waals surface area contributed by atoms with Crippen molar-refractivity contribution in [3.8, 4) is 5.75 Å². The third-order valence-electron chi connectivity index (χ3n) is 4.77. The van der Waals surface area contributed by atoms with Crippen LogP contribution in [0.1, 0.15) is 22.3 Å².